The topological polar surface area (TPSA) is 74.8 Å². The van der Waals surface area contributed by atoms with Gasteiger partial charge in [-0.25, -0.2) is 0 Å². The number of tetrazole rings is 1. The standard InChI is InChI=1S/C13H23N5O/c1-10(2)18(9-12-14-16-17-15-12)13(19)8-7-11-5-3-4-6-11/h10-11H,3-9H2,1-2H3,(H,14,15,16,17). The molecule has 1 aromatic heterocycles. The van der Waals surface area contributed by atoms with Gasteiger partial charge in [-0.15, -0.1) is 10.2 Å². The van der Waals surface area contributed by atoms with E-state index in [1.165, 1.54) is 25.7 Å². The quantitative estimate of drug-likeness (QED) is 0.852. The van der Waals surface area contributed by atoms with Gasteiger partial charge in [-0.3, -0.25) is 4.79 Å². The largest absolute Gasteiger partial charge is 0.333 e. The molecule has 1 aliphatic carbocycles. The Labute approximate surface area is 113 Å². The normalized spacial score (nSPS) is 16.2. The lowest BCUT2D eigenvalue weighted by molar-refractivity contribution is -0.134. The van der Waals surface area contributed by atoms with E-state index in [9.17, 15) is 4.79 Å². The van der Waals surface area contributed by atoms with E-state index in [2.05, 4.69) is 20.6 Å². The van der Waals surface area contributed by atoms with E-state index in [1.54, 1.807) is 0 Å². The Morgan fingerprint density at radius 2 is 2.16 bits per heavy atom. The van der Waals surface area contributed by atoms with Gasteiger partial charge < -0.3 is 4.90 Å². The molecule has 2 rings (SSSR count). The van der Waals surface area contributed by atoms with Crippen LogP contribution in [0.2, 0.25) is 0 Å². The minimum absolute atomic E-state index is 0.162. The van der Waals surface area contributed by atoms with Crippen molar-refractivity contribution in [1.82, 2.24) is 25.5 Å². The molecule has 1 aliphatic rings. The van der Waals surface area contributed by atoms with Crippen molar-refractivity contribution in [2.75, 3.05) is 0 Å². The molecule has 0 unspecified atom stereocenters. The zero-order chi connectivity index (χ0) is 13.7. The molecule has 1 fully saturated rings. The summed E-state index contributed by atoms with van der Waals surface area (Å²) in [7, 11) is 0. The number of nitrogens with zero attached hydrogens (tertiary/aromatic N) is 4. The number of carbonyl (C=O) groups excluding carboxylic acids is 1. The van der Waals surface area contributed by atoms with Gasteiger partial charge in [0.15, 0.2) is 5.82 Å². The first kappa shape index (κ1) is 14.0. The highest BCUT2D eigenvalue weighted by molar-refractivity contribution is 5.76. The zero-order valence-electron chi connectivity index (χ0n) is 11.8. The van der Waals surface area contributed by atoms with Crippen molar-refractivity contribution in [3.8, 4) is 0 Å². The molecule has 0 bridgehead atoms. The second-order valence-electron chi connectivity index (χ2n) is 5.63. The molecule has 0 spiro atoms. The summed E-state index contributed by atoms with van der Waals surface area (Å²) in [6, 6.07) is 0.162. The molecule has 106 valence electrons. The lowest BCUT2D eigenvalue weighted by Gasteiger charge is -2.26. The molecule has 1 heterocycles. The minimum Gasteiger partial charge on any atom is -0.333 e. The predicted molar refractivity (Wildman–Crippen MR) is 71.1 cm³/mol. The summed E-state index contributed by atoms with van der Waals surface area (Å²) in [6.07, 6.45) is 6.90. The lowest BCUT2D eigenvalue weighted by Crippen LogP contribution is -2.36. The summed E-state index contributed by atoms with van der Waals surface area (Å²) in [4.78, 5) is 14.1. The Bertz CT molecular complexity index is 384. The van der Waals surface area contributed by atoms with E-state index in [0.29, 0.717) is 18.8 Å². The molecule has 19 heavy (non-hydrogen) atoms. The highest BCUT2D eigenvalue weighted by Crippen LogP contribution is 2.28. The van der Waals surface area contributed by atoms with Crippen LogP contribution >= 0.6 is 0 Å². The van der Waals surface area contributed by atoms with Crippen LogP contribution in [0, 0.1) is 5.92 Å². The molecular formula is C13H23N5O. The first-order chi connectivity index (χ1) is 9.16. The van der Waals surface area contributed by atoms with Crippen LogP contribution in [-0.2, 0) is 11.3 Å². The molecule has 0 radical (unpaired) electrons. The molecule has 1 saturated carbocycles. The van der Waals surface area contributed by atoms with Gasteiger partial charge >= 0.3 is 0 Å². The molecule has 6 heteroatoms. The Morgan fingerprint density at radius 3 is 2.74 bits per heavy atom. The monoisotopic (exact) mass is 265 g/mol. The van der Waals surface area contributed by atoms with Crippen molar-refractivity contribution in [2.45, 2.75) is 65.0 Å². The SMILES string of the molecule is CC(C)N(Cc1nn[nH]n1)C(=O)CCC1CCCC1. The van der Waals surface area contributed by atoms with Gasteiger partial charge in [0.05, 0.1) is 6.54 Å². The van der Waals surface area contributed by atoms with Gasteiger partial charge in [-0.1, -0.05) is 30.9 Å². The average molecular weight is 265 g/mol. The van der Waals surface area contributed by atoms with Crippen molar-refractivity contribution < 1.29 is 4.79 Å². The number of hydrogen-bond donors (Lipinski definition) is 1. The number of rotatable bonds is 6. The first-order valence-electron chi connectivity index (χ1n) is 7.18. The van der Waals surface area contributed by atoms with Crippen LogP contribution in [0.1, 0.15) is 58.2 Å². The molecular weight excluding hydrogens is 242 g/mol. The summed E-state index contributed by atoms with van der Waals surface area (Å²) >= 11 is 0. The summed E-state index contributed by atoms with van der Waals surface area (Å²) < 4.78 is 0. The Balaban J connectivity index is 1.85. The number of nitrogens with one attached hydrogen (secondary N) is 1. The van der Waals surface area contributed by atoms with Gasteiger partial charge in [-0.2, -0.15) is 5.21 Å². The maximum Gasteiger partial charge on any atom is 0.223 e. The van der Waals surface area contributed by atoms with Gasteiger partial charge in [0.25, 0.3) is 0 Å². The van der Waals surface area contributed by atoms with Crippen molar-refractivity contribution >= 4 is 5.91 Å². The molecule has 0 atom stereocenters. The highest BCUT2D eigenvalue weighted by Gasteiger charge is 2.21. The van der Waals surface area contributed by atoms with E-state index < -0.39 is 0 Å². The maximum absolute atomic E-state index is 12.3. The van der Waals surface area contributed by atoms with E-state index in [-0.39, 0.29) is 11.9 Å². The number of H-pyrrole nitrogens is 1. The van der Waals surface area contributed by atoms with E-state index in [4.69, 9.17) is 0 Å². The molecule has 0 aromatic carbocycles. The molecule has 1 amide bonds. The lowest BCUT2D eigenvalue weighted by atomic mass is 10.0. The highest BCUT2D eigenvalue weighted by atomic mass is 16.2. The smallest absolute Gasteiger partial charge is 0.223 e. The number of aromatic amines is 1. The second-order valence-corrected chi connectivity index (χ2v) is 5.63. The summed E-state index contributed by atoms with van der Waals surface area (Å²) in [5, 5.41) is 13.8. The summed E-state index contributed by atoms with van der Waals surface area (Å²) in [5.74, 6) is 1.53. The Morgan fingerprint density at radius 1 is 1.42 bits per heavy atom. The summed E-state index contributed by atoms with van der Waals surface area (Å²) in [6.45, 7) is 4.48. The van der Waals surface area contributed by atoms with Crippen LogP contribution in [-0.4, -0.2) is 37.5 Å². The first-order valence-corrected chi connectivity index (χ1v) is 7.18. The second kappa shape index (κ2) is 6.63. The van der Waals surface area contributed by atoms with Crippen molar-refractivity contribution in [3.63, 3.8) is 0 Å². The zero-order valence-corrected chi connectivity index (χ0v) is 11.8. The Kier molecular flexibility index (Phi) is 4.87. The summed E-state index contributed by atoms with van der Waals surface area (Å²) in [5.41, 5.74) is 0. The molecule has 0 aliphatic heterocycles. The van der Waals surface area contributed by atoms with Crippen LogP contribution in [0.15, 0.2) is 0 Å². The fourth-order valence-electron chi connectivity index (χ4n) is 2.73. The van der Waals surface area contributed by atoms with Crippen LogP contribution in [0.25, 0.3) is 0 Å². The Hall–Kier alpha value is -1.46. The maximum atomic E-state index is 12.3. The van der Waals surface area contributed by atoms with Crippen molar-refractivity contribution in [1.29, 1.82) is 0 Å². The van der Waals surface area contributed by atoms with Crippen molar-refractivity contribution in [3.05, 3.63) is 5.82 Å². The van der Waals surface area contributed by atoms with E-state index >= 15 is 0 Å². The van der Waals surface area contributed by atoms with Gasteiger partial charge in [-0.05, 0) is 26.2 Å². The average Bonchev–Trinajstić information content (AvgIpc) is 3.05. The van der Waals surface area contributed by atoms with Crippen molar-refractivity contribution in [2.24, 2.45) is 5.92 Å². The van der Waals surface area contributed by atoms with E-state index in [0.717, 1.165) is 12.3 Å². The number of hydrogen-bond acceptors (Lipinski definition) is 4. The third-order valence-electron chi connectivity index (χ3n) is 3.89. The van der Waals surface area contributed by atoms with Gasteiger partial charge in [0, 0.05) is 12.5 Å². The van der Waals surface area contributed by atoms with Gasteiger partial charge in [0.1, 0.15) is 0 Å². The number of amides is 1. The minimum atomic E-state index is 0.162. The molecule has 1 aromatic rings. The third kappa shape index (κ3) is 4.01. The molecule has 1 N–H and O–H groups in total. The molecule has 6 nitrogen and oxygen atoms in total. The number of carbonyl (C=O) groups is 1. The molecule has 0 saturated heterocycles. The third-order valence-corrected chi connectivity index (χ3v) is 3.89. The van der Waals surface area contributed by atoms with E-state index in [1.807, 2.05) is 18.7 Å². The van der Waals surface area contributed by atoms with Crippen LogP contribution in [0.3, 0.4) is 0 Å². The van der Waals surface area contributed by atoms with Crippen LogP contribution in [0.5, 0.6) is 0 Å². The fraction of sp³-hybridized carbons (Fsp3) is 0.846. The predicted octanol–water partition coefficient (Wildman–Crippen LogP) is 1.91. The van der Waals surface area contributed by atoms with Crippen LogP contribution < -0.4 is 0 Å². The number of aromatic nitrogens is 4. The van der Waals surface area contributed by atoms with Gasteiger partial charge in [0.2, 0.25) is 5.91 Å². The van der Waals surface area contributed by atoms with Crippen LogP contribution in [0.4, 0.5) is 0 Å². The fourth-order valence-corrected chi connectivity index (χ4v) is 2.73.